The largest absolute Gasteiger partial charge is 0.465 e. The maximum absolute atomic E-state index is 13.2. The second-order valence-electron chi connectivity index (χ2n) is 4.47. The fraction of sp³-hybridized carbons (Fsp3) is 0.133. The molecule has 0 fully saturated rings. The van der Waals surface area contributed by atoms with Gasteiger partial charge in [-0.3, -0.25) is 10.1 Å². The summed E-state index contributed by atoms with van der Waals surface area (Å²) in [4.78, 5) is 21.3. The molecule has 2 aromatic rings. The van der Waals surface area contributed by atoms with Gasteiger partial charge in [0.15, 0.2) is 0 Å². The third-order valence-corrected chi connectivity index (χ3v) is 2.99. The van der Waals surface area contributed by atoms with E-state index in [2.05, 4.69) is 10.1 Å². The number of rotatable bonds is 5. The predicted octanol–water partition coefficient (Wildman–Crippen LogP) is 3.13. The van der Waals surface area contributed by atoms with E-state index in [1.807, 2.05) is 0 Å². The summed E-state index contributed by atoms with van der Waals surface area (Å²) >= 11 is 0. The van der Waals surface area contributed by atoms with Crippen molar-refractivity contribution >= 4 is 17.3 Å². The number of hydrogen-bond donors (Lipinski definition) is 1. The molecule has 0 spiro atoms. The maximum atomic E-state index is 13.2. The lowest BCUT2D eigenvalue weighted by Gasteiger charge is -2.08. The molecule has 0 saturated carbocycles. The summed E-state index contributed by atoms with van der Waals surface area (Å²) in [7, 11) is 1.30. The van der Waals surface area contributed by atoms with Crippen LogP contribution in [0.4, 0.5) is 15.8 Å². The van der Waals surface area contributed by atoms with Crippen LogP contribution >= 0.6 is 0 Å². The Hall–Kier alpha value is -2.96. The highest BCUT2D eigenvalue weighted by Crippen LogP contribution is 2.22. The van der Waals surface area contributed by atoms with Crippen LogP contribution in [0.1, 0.15) is 15.9 Å². The van der Waals surface area contributed by atoms with Gasteiger partial charge in [0.1, 0.15) is 0 Å². The van der Waals surface area contributed by atoms with E-state index in [-0.39, 0.29) is 0 Å². The first kappa shape index (κ1) is 15.4. The average molecular weight is 304 g/mol. The Morgan fingerprint density at radius 3 is 2.77 bits per heavy atom. The molecule has 2 rings (SSSR count). The molecule has 22 heavy (non-hydrogen) atoms. The summed E-state index contributed by atoms with van der Waals surface area (Å²) in [5.74, 6) is -1.33. The molecule has 114 valence electrons. The van der Waals surface area contributed by atoms with Gasteiger partial charge in [0.25, 0.3) is 0 Å². The molecular formula is C15H13FN2O4. The van der Waals surface area contributed by atoms with E-state index in [9.17, 15) is 19.3 Å². The van der Waals surface area contributed by atoms with Crippen LogP contribution in [0.5, 0.6) is 0 Å². The number of nitro benzene ring substituents is 1. The van der Waals surface area contributed by atoms with Crippen molar-refractivity contribution in [1.82, 2.24) is 0 Å². The van der Waals surface area contributed by atoms with Crippen LogP contribution in [0.15, 0.2) is 42.5 Å². The minimum absolute atomic E-state index is 0.327. The zero-order chi connectivity index (χ0) is 16.1. The first-order valence-electron chi connectivity index (χ1n) is 6.36. The lowest BCUT2D eigenvalue weighted by atomic mass is 10.1. The van der Waals surface area contributed by atoms with Crippen molar-refractivity contribution in [3.63, 3.8) is 0 Å². The van der Waals surface area contributed by atoms with Gasteiger partial charge in [0.05, 0.1) is 17.6 Å². The molecule has 0 aliphatic carbocycles. The van der Waals surface area contributed by atoms with Gasteiger partial charge in [-0.15, -0.1) is 0 Å². The zero-order valence-electron chi connectivity index (χ0n) is 11.7. The second kappa shape index (κ2) is 6.66. The lowest BCUT2D eigenvalue weighted by Crippen LogP contribution is -2.04. The normalized spacial score (nSPS) is 10.1. The van der Waals surface area contributed by atoms with E-state index < -0.39 is 22.4 Å². The number of nitro groups is 1. The lowest BCUT2D eigenvalue weighted by molar-refractivity contribution is -0.387. The van der Waals surface area contributed by atoms with E-state index in [1.54, 1.807) is 24.3 Å². The van der Waals surface area contributed by atoms with E-state index in [4.69, 9.17) is 0 Å². The number of carbonyl (C=O) groups excluding carboxylic acids is 1. The van der Waals surface area contributed by atoms with Gasteiger partial charge in [-0.2, -0.15) is 4.39 Å². The quantitative estimate of drug-likeness (QED) is 0.521. The smallest absolute Gasteiger partial charge is 0.337 e. The molecule has 0 saturated heterocycles. The number of esters is 1. The van der Waals surface area contributed by atoms with Crippen LogP contribution in [0.25, 0.3) is 0 Å². The second-order valence-corrected chi connectivity index (χ2v) is 4.47. The van der Waals surface area contributed by atoms with Gasteiger partial charge in [0.2, 0.25) is 5.82 Å². The van der Waals surface area contributed by atoms with Gasteiger partial charge in [-0.25, -0.2) is 4.79 Å². The third kappa shape index (κ3) is 3.57. The van der Waals surface area contributed by atoms with Crippen molar-refractivity contribution < 1.29 is 18.8 Å². The maximum Gasteiger partial charge on any atom is 0.337 e. The average Bonchev–Trinajstić information content (AvgIpc) is 2.53. The molecular weight excluding hydrogens is 291 g/mol. The van der Waals surface area contributed by atoms with Crippen molar-refractivity contribution in [2.24, 2.45) is 0 Å². The SMILES string of the molecule is COC(=O)c1cccc(CNc2ccc(F)c([N+](=O)[O-])c2)c1. The highest BCUT2D eigenvalue weighted by Gasteiger charge is 2.14. The highest BCUT2D eigenvalue weighted by atomic mass is 19.1. The molecule has 0 aliphatic heterocycles. The molecule has 0 unspecified atom stereocenters. The number of benzene rings is 2. The summed E-state index contributed by atoms with van der Waals surface area (Å²) < 4.78 is 17.9. The van der Waals surface area contributed by atoms with Crippen molar-refractivity contribution in [3.8, 4) is 0 Å². The molecule has 0 radical (unpaired) electrons. The van der Waals surface area contributed by atoms with Gasteiger partial charge >= 0.3 is 11.7 Å². The van der Waals surface area contributed by atoms with Crippen LogP contribution in [0.3, 0.4) is 0 Å². The van der Waals surface area contributed by atoms with Crippen LogP contribution in [-0.4, -0.2) is 18.0 Å². The number of methoxy groups -OCH3 is 1. The van der Waals surface area contributed by atoms with Crippen molar-refractivity contribution in [3.05, 3.63) is 69.5 Å². The topological polar surface area (TPSA) is 81.5 Å². The van der Waals surface area contributed by atoms with E-state index in [0.717, 1.165) is 17.7 Å². The Balaban J connectivity index is 2.12. The summed E-state index contributed by atoms with van der Waals surface area (Å²) in [5.41, 5.74) is 1.02. The predicted molar refractivity (Wildman–Crippen MR) is 78.2 cm³/mol. The number of anilines is 1. The van der Waals surface area contributed by atoms with E-state index in [0.29, 0.717) is 17.8 Å². The molecule has 2 aromatic carbocycles. The van der Waals surface area contributed by atoms with Crippen LogP contribution in [0.2, 0.25) is 0 Å². The Morgan fingerprint density at radius 1 is 1.32 bits per heavy atom. The van der Waals surface area contributed by atoms with Gasteiger partial charge in [-0.1, -0.05) is 12.1 Å². The minimum Gasteiger partial charge on any atom is -0.465 e. The van der Waals surface area contributed by atoms with E-state index in [1.165, 1.54) is 13.2 Å². The highest BCUT2D eigenvalue weighted by molar-refractivity contribution is 5.89. The fourth-order valence-corrected chi connectivity index (χ4v) is 1.89. The fourth-order valence-electron chi connectivity index (χ4n) is 1.89. The molecule has 7 heteroatoms. The molecule has 0 heterocycles. The minimum atomic E-state index is -0.886. The monoisotopic (exact) mass is 304 g/mol. The van der Waals surface area contributed by atoms with Crippen LogP contribution < -0.4 is 5.32 Å². The van der Waals surface area contributed by atoms with Crippen LogP contribution in [-0.2, 0) is 11.3 Å². The number of nitrogens with zero attached hydrogens (tertiary/aromatic N) is 1. The first-order valence-corrected chi connectivity index (χ1v) is 6.36. The first-order chi connectivity index (χ1) is 10.5. The number of carbonyl (C=O) groups is 1. The Labute approximate surface area is 125 Å². The van der Waals surface area contributed by atoms with Gasteiger partial charge in [-0.05, 0) is 29.8 Å². The third-order valence-electron chi connectivity index (χ3n) is 2.99. The summed E-state index contributed by atoms with van der Waals surface area (Å²) in [6.07, 6.45) is 0. The number of ether oxygens (including phenoxy) is 1. The molecule has 1 N–H and O–H groups in total. The van der Waals surface area contributed by atoms with Crippen molar-refractivity contribution in [1.29, 1.82) is 0 Å². The van der Waals surface area contributed by atoms with Gasteiger partial charge < -0.3 is 10.1 Å². The van der Waals surface area contributed by atoms with E-state index >= 15 is 0 Å². The number of nitrogens with one attached hydrogen (secondary N) is 1. The summed E-state index contributed by atoms with van der Waals surface area (Å²) in [6.45, 7) is 0.327. The van der Waals surface area contributed by atoms with Crippen molar-refractivity contribution in [2.75, 3.05) is 12.4 Å². The van der Waals surface area contributed by atoms with Crippen LogP contribution in [0, 0.1) is 15.9 Å². The Kier molecular flexibility index (Phi) is 4.67. The van der Waals surface area contributed by atoms with Gasteiger partial charge in [0, 0.05) is 18.3 Å². The molecule has 0 bridgehead atoms. The molecule has 6 nitrogen and oxygen atoms in total. The molecule has 0 aliphatic rings. The summed E-state index contributed by atoms with van der Waals surface area (Å²) in [5, 5.41) is 13.6. The molecule has 0 amide bonds. The standard InChI is InChI=1S/C15H13FN2O4/c1-22-15(19)11-4-2-3-10(7-11)9-17-12-5-6-13(16)14(8-12)18(20)21/h2-8,17H,9H2,1H3. The molecule has 0 aromatic heterocycles. The Bertz CT molecular complexity index is 718. The zero-order valence-corrected chi connectivity index (χ0v) is 11.7. The Morgan fingerprint density at radius 2 is 2.09 bits per heavy atom. The number of halogens is 1. The molecule has 0 atom stereocenters. The van der Waals surface area contributed by atoms with Crippen molar-refractivity contribution in [2.45, 2.75) is 6.54 Å². The number of hydrogen-bond acceptors (Lipinski definition) is 5. The summed E-state index contributed by atoms with van der Waals surface area (Å²) in [6, 6.07) is 10.3.